The van der Waals surface area contributed by atoms with Crippen LogP contribution >= 0.6 is 0 Å². The SMILES string of the molecule is CN(C(N)=O)c1ccccc1CON. The van der Waals surface area contributed by atoms with Gasteiger partial charge in [-0.3, -0.25) is 9.74 Å². The molecule has 0 spiro atoms. The molecule has 1 rings (SSSR count). The summed E-state index contributed by atoms with van der Waals surface area (Å²) in [5.74, 6) is 4.97. The van der Waals surface area contributed by atoms with Crippen LogP contribution in [0.25, 0.3) is 0 Å². The zero-order valence-corrected chi connectivity index (χ0v) is 7.93. The zero-order chi connectivity index (χ0) is 10.6. The van der Waals surface area contributed by atoms with E-state index in [9.17, 15) is 4.79 Å². The van der Waals surface area contributed by atoms with E-state index >= 15 is 0 Å². The monoisotopic (exact) mass is 195 g/mol. The minimum atomic E-state index is -0.519. The lowest BCUT2D eigenvalue weighted by Crippen LogP contribution is -2.32. The maximum Gasteiger partial charge on any atom is 0.319 e. The Hall–Kier alpha value is -1.59. The molecule has 0 atom stereocenters. The molecule has 0 heterocycles. The van der Waals surface area contributed by atoms with Gasteiger partial charge in [0.2, 0.25) is 0 Å². The number of urea groups is 1. The van der Waals surface area contributed by atoms with Crippen molar-refractivity contribution in [3.8, 4) is 0 Å². The molecule has 0 aliphatic heterocycles. The number of carbonyl (C=O) groups excluding carboxylic acids is 1. The Labute approximate surface area is 82.2 Å². The molecule has 0 saturated carbocycles. The summed E-state index contributed by atoms with van der Waals surface area (Å²) in [6.45, 7) is 0.244. The number of carbonyl (C=O) groups is 1. The standard InChI is InChI=1S/C9H13N3O2/c1-12(9(10)13)8-5-3-2-4-7(8)6-14-11/h2-5H,6,11H2,1H3,(H2,10,13). The Bertz CT molecular complexity index is 328. The molecular weight excluding hydrogens is 182 g/mol. The predicted molar refractivity (Wildman–Crippen MR) is 53.4 cm³/mol. The van der Waals surface area contributed by atoms with Crippen LogP contribution in [-0.2, 0) is 11.4 Å². The third-order valence-electron chi connectivity index (χ3n) is 1.92. The number of primary amides is 1. The Balaban J connectivity index is 3.00. The quantitative estimate of drug-likeness (QED) is 0.692. The number of para-hydroxylation sites is 1. The lowest BCUT2D eigenvalue weighted by molar-refractivity contribution is 0.124. The van der Waals surface area contributed by atoms with Crippen molar-refractivity contribution in [2.75, 3.05) is 11.9 Å². The van der Waals surface area contributed by atoms with Crippen molar-refractivity contribution >= 4 is 11.7 Å². The van der Waals surface area contributed by atoms with Crippen molar-refractivity contribution in [3.05, 3.63) is 29.8 Å². The number of anilines is 1. The Morgan fingerprint density at radius 3 is 2.71 bits per heavy atom. The molecule has 4 N–H and O–H groups in total. The summed E-state index contributed by atoms with van der Waals surface area (Å²) in [4.78, 5) is 16.8. The van der Waals surface area contributed by atoms with Crippen LogP contribution in [-0.4, -0.2) is 13.1 Å². The van der Waals surface area contributed by atoms with Crippen molar-refractivity contribution in [1.82, 2.24) is 0 Å². The van der Waals surface area contributed by atoms with Crippen LogP contribution in [0.1, 0.15) is 5.56 Å². The number of hydrogen-bond donors (Lipinski definition) is 2. The van der Waals surface area contributed by atoms with E-state index in [1.54, 1.807) is 13.1 Å². The highest BCUT2D eigenvalue weighted by molar-refractivity contribution is 5.90. The highest BCUT2D eigenvalue weighted by Crippen LogP contribution is 2.19. The normalized spacial score (nSPS) is 9.86. The molecule has 76 valence electrons. The van der Waals surface area contributed by atoms with Gasteiger partial charge >= 0.3 is 6.03 Å². The summed E-state index contributed by atoms with van der Waals surface area (Å²) < 4.78 is 0. The van der Waals surface area contributed by atoms with Crippen LogP contribution in [0.4, 0.5) is 10.5 Å². The number of nitrogens with two attached hydrogens (primary N) is 2. The summed E-state index contributed by atoms with van der Waals surface area (Å²) in [7, 11) is 1.59. The van der Waals surface area contributed by atoms with Crippen LogP contribution in [0, 0.1) is 0 Å². The van der Waals surface area contributed by atoms with E-state index in [4.69, 9.17) is 11.6 Å². The smallest absolute Gasteiger partial charge is 0.319 e. The van der Waals surface area contributed by atoms with Gasteiger partial charge < -0.3 is 5.73 Å². The highest BCUT2D eigenvalue weighted by atomic mass is 16.6. The topological polar surface area (TPSA) is 81.6 Å². The lowest BCUT2D eigenvalue weighted by Gasteiger charge is -2.17. The van der Waals surface area contributed by atoms with Gasteiger partial charge in [-0.1, -0.05) is 18.2 Å². The average molecular weight is 195 g/mol. The van der Waals surface area contributed by atoms with E-state index < -0.39 is 6.03 Å². The minimum absolute atomic E-state index is 0.244. The third-order valence-corrected chi connectivity index (χ3v) is 1.92. The molecule has 0 unspecified atom stereocenters. The van der Waals surface area contributed by atoms with Gasteiger partial charge in [0, 0.05) is 12.6 Å². The van der Waals surface area contributed by atoms with E-state index in [0.717, 1.165) is 5.56 Å². The van der Waals surface area contributed by atoms with Gasteiger partial charge in [0.05, 0.1) is 12.3 Å². The van der Waals surface area contributed by atoms with Gasteiger partial charge in [-0.25, -0.2) is 10.7 Å². The first-order chi connectivity index (χ1) is 6.66. The van der Waals surface area contributed by atoms with Gasteiger partial charge in [-0.2, -0.15) is 0 Å². The van der Waals surface area contributed by atoms with Gasteiger partial charge in [0.25, 0.3) is 0 Å². The number of benzene rings is 1. The van der Waals surface area contributed by atoms with Crippen molar-refractivity contribution in [2.24, 2.45) is 11.6 Å². The molecule has 1 aromatic rings. The first-order valence-corrected chi connectivity index (χ1v) is 4.09. The second kappa shape index (κ2) is 4.59. The number of nitrogens with zero attached hydrogens (tertiary/aromatic N) is 1. The fourth-order valence-electron chi connectivity index (χ4n) is 1.17. The molecule has 0 aliphatic rings. The number of hydrogen-bond acceptors (Lipinski definition) is 3. The van der Waals surface area contributed by atoms with Crippen LogP contribution in [0.2, 0.25) is 0 Å². The van der Waals surface area contributed by atoms with Gasteiger partial charge in [0.1, 0.15) is 0 Å². The Morgan fingerprint density at radius 2 is 2.14 bits per heavy atom. The molecule has 5 heteroatoms. The Morgan fingerprint density at radius 1 is 1.50 bits per heavy atom. The van der Waals surface area contributed by atoms with Crippen molar-refractivity contribution in [2.45, 2.75) is 6.61 Å². The van der Waals surface area contributed by atoms with Crippen molar-refractivity contribution < 1.29 is 9.63 Å². The second-order valence-corrected chi connectivity index (χ2v) is 2.84. The third kappa shape index (κ3) is 2.21. The van der Waals surface area contributed by atoms with E-state index in [1.165, 1.54) is 4.90 Å². The zero-order valence-electron chi connectivity index (χ0n) is 7.93. The summed E-state index contributed by atoms with van der Waals surface area (Å²) in [5, 5.41) is 0. The minimum Gasteiger partial charge on any atom is -0.351 e. The van der Waals surface area contributed by atoms with E-state index in [0.29, 0.717) is 5.69 Å². The molecule has 0 bridgehead atoms. The lowest BCUT2D eigenvalue weighted by atomic mass is 10.2. The molecule has 0 radical (unpaired) electrons. The molecule has 14 heavy (non-hydrogen) atoms. The van der Waals surface area contributed by atoms with Crippen LogP contribution in [0.15, 0.2) is 24.3 Å². The van der Waals surface area contributed by atoms with E-state index in [-0.39, 0.29) is 6.61 Å². The van der Waals surface area contributed by atoms with Gasteiger partial charge in [-0.15, -0.1) is 0 Å². The summed E-state index contributed by atoms with van der Waals surface area (Å²) in [5.41, 5.74) is 6.66. The molecule has 0 aromatic heterocycles. The predicted octanol–water partition coefficient (Wildman–Crippen LogP) is 0.592. The molecule has 2 amide bonds. The molecule has 5 nitrogen and oxygen atoms in total. The fourth-order valence-corrected chi connectivity index (χ4v) is 1.17. The van der Waals surface area contributed by atoms with Crippen LogP contribution in [0.5, 0.6) is 0 Å². The van der Waals surface area contributed by atoms with Crippen molar-refractivity contribution in [3.63, 3.8) is 0 Å². The van der Waals surface area contributed by atoms with Gasteiger partial charge in [-0.05, 0) is 6.07 Å². The van der Waals surface area contributed by atoms with E-state index in [2.05, 4.69) is 4.84 Å². The summed E-state index contributed by atoms with van der Waals surface area (Å²) in [6.07, 6.45) is 0. The van der Waals surface area contributed by atoms with E-state index in [1.807, 2.05) is 18.2 Å². The summed E-state index contributed by atoms with van der Waals surface area (Å²) in [6, 6.07) is 6.73. The molecular formula is C9H13N3O2. The first-order valence-electron chi connectivity index (χ1n) is 4.09. The first kappa shape index (κ1) is 10.5. The largest absolute Gasteiger partial charge is 0.351 e. The average Bonchev–Trinajstić information content (AvgIpc) is 2.18. The fraction of sp³-hybridized carbons (Fsp3) is 0.222. The van der Waals surface area contributed by atoms with Gasteiger partial charge in [0.15, 0.2) is 0 Å². The molecule has 0 aliphatic carbocycles. The highest BCUT2D eigenvalue weighted by Gasteiger charge is 2.10. The molecule has 0 fully saturated rings. The Kier molecular flexibility index (Phi) is 3.44. The second-order valence-electron chi connectivity index (χ2n) is 2.84. The number of rotatable bonds is 3. The molecule has 0 saturated heterocycles. The summed E-state index contributed by atoms with van der Waals surface area (Å²) >= 11 is 0. The van der Waals surface area contributed by atoms with Crippen molar-refractivity contribution in [1.29, 1.82) is 0 Å². The maximum atomic E-state index is 10.9. The number of amides is 2. The molecule has 1 aromatic carbocycles. The maximum absolute atomic E-state index is 10.9. The van der Waals surface area contributed by atoms with Crippen LogP contribution < -0.4 is 16.5 Å². The van der Waals surface area contributed by atoms with Crippen LogP contribution in [0.3, 0.4) is 0 Å².